The van der Waals surface area contributed by atoms with E-state index >= 15 is 0 Å². The molecule has 1 aliphatic heterocycles. The van der Waals surface area contributed by atoms with Crippen molar-refractivity contribution in [2.75, 3.05) is 20.0 Å². The molecule has 3 heteroatoms. The number of thiophene rings is 1. The van der Waals surface area contributed by atoms with Crippen molar-refractivity contribution in [3.63, 3.8) is 0 Å². The lowest BCUT2D eigenvalue weighted by Gasteiger charge is -2.27. The molecule has 112 valence electrons. The van der Waals surface area contributed by atoms with E-state index in [2.05, 4.69) is 0 Å². The van der Waals surface area contributed by atoms with Crippen molar-refractivity contribution in [1.29, 1.82) is 0 Å². The van der Waals surface area contributed by atoms with Crippen LogP contribution in [0.4, 0.5) is 0 Å². The van der Waals surface area contributed by atoms with Crippen LogP contribution in [0.3, 0.4) is 0 Å². The zero-order valence-electron chi connectivity index (χ0n) is 29.8. The molecule has 4 rings (SSSR count). The quantitative estimate of drug-likeness (QED) is 0.728. The molecule has 1 aromatic heterocycles. The molecule has 2 nitrogen and oxygen atoms in total. The van der Waals surface area contributed by atoms with Crippen molar-refractivity contribution in [3.05, 3.63) is 62.7 Å². The van der Waals surface area contributed by atoms with Gasteiger partial charge in [-0.25, -0.2) is 0 Å². The number of fused-ring (bicyclic) bond motifs is 2. The average Bonchev–Trinajstić information content (AvgIpc) is 3.05. The summed E-state index contributed by atoms with van der Waals surface area (Å²) in [6, 6.07) is -5.28. The van der Waals surface area contributed by atoms with Crippen molar-refractivity contribution in [2.45, 2.75) is 19.1 Å². The van der Waals surface area contributed by atoms with Gasteiger partial charge in [0.05, 0.1) is 13.1 Å². The number of hydrogen-bond donors (Lipinski definition) is 0. The van der Waals surface area contributed by atoms with Gasteiger partial charge in [0.2, 0.25) is 0 Å². The second-order valence-electron chi connectivity index (χ2n) is 4.30. The Labute approximate surface area is 161 Å². The lowest BCUT2D eigenvalue weighted by atomic mass is 9.88. The molecule has 2 aromatic rings. The van der Waals surface area contributed by atoms with Crippen molar-refractivity contribution in [1.82, 2.24) is 4.90 Å². The second kappa shape index (κ2) is 5.49. The highest BCUT2D eigenvalue weighted by Gasteiger charge is 2.27. The summed E-state index contributed by atoms with van der Waals surface area (Å²) < 4.78 is 159. The van der Waals surface area contributed by atoms with E-state index in [9.17, 15) is 4.79 Å². The molecule has 1 aromatic carbocycles. The fraction of sp³-hybridized carbons (Fsp3) is 0.316. The molecule has 0 unspecified atom stereocenters. The van der Waals surface area contributed by atoms with Crippen LogP contribution in [0, 0.1) is 0 Å². The predicted molar refractivity (Wildman–Crippen MR) is 91.5 cm³/mol. The Morgan fingerprint density at radius 2 is 2.05 bits per heavy atom. The largest absolute Gasteiger partial charge is 0.306 e. The first kappa shape index (κ1) is 4.22. The number of piperidine rings is 1. The summed E-state index contributed by atoms with van der Waals surface area (Å²) in [7, 11) is 0. The van der Waals surface area contributed by atoms with E-state index in [1.54, 1.807) is 0 Å². The molecular weight excluding hydrogens is 290 g/mol. The number of benzene rings is 1. The maximum Gasteiger partial charge on any atom is 0.177 e. The lowest BCUT2D eigenvalue weighted by molar-refractivity contribution is 0.0997. The monoisotopic (exact) mass is 328 g/mol. The van der Waals surface area contributed by atoms with Gasteiger partial charge in [-0.3, -0.25) is 4.79 Å². The maximum absolute atomic E-state index is 13.5. The van der Waals surface area contributed by atoms with Crippen LogP contribution in [-0.4, -0.2) is 30.7 Å². The molecule has 1 fully saturated rings. The Hall–Kier alpha value is -1.71. The van der Waals surface area contributed by atoms with Gasteiger partial charge in [-0.1, -0.05) is 29.7 Å². The molecule has 1 saturated heterocycles. The Balaban J connectivity index is 2.44. The second-order valence-corrected chi connectivity index (χ2v) is 5.11. The lowest BCUT2D eigenvalue weighted by Crippen LogP contribution is -2.27. The number of carbonyl (C=O) groups is 1. The van der Waals surface area contributed by atoms with Gasteiger partial charge in [-0.05, 0) is 47.8 Å². The van der Waals surface area contributed by atoms with Crippen molar-refractivity contribution in [3.8, 4) is 0 Å². The third-order valence-electron chi connectivity index (χ3n) is 3.02. The fourth-order valence-corrected chi connectivity index (χ4v) is 2.77. The Morgan fingerprint density at radius 3 is 2.86 bits per heavy atom. The fourth-order valence-electron chi connectivity index (χ4n) is 2.12. The SMILES string of the molecule is [2H]c1sc2c(c1[2H])C(=C1C([2H])([2H])C([2H])([2H])N(C([2H])([2H])[2H])C([2H])([2H])C1([2H])[2H])c1c([2H])c([2H])c([2H])c([2H])c1C([2H])([2H])C2=O. The zero-order valence-corrected chi connectivity index (χ0v) is 11.6. The van der Waals surface area contributed by atoms with Gasteiger partial charge in [0, 0.05) is 42.7 Å². The molecule has 0 spiro atoms. The molecule has 0 atom stereocenters. The number of nitrogens with zero attached hydrogens (tertiary/aromatic N) is 1. The standard InChI is InChI=1S/C19H19NOS/c1-20-9-6-13(7-10-20)18-15-5-3-2-4-14(15)12-17(21)19-16(18)8-11-22-19/h2-5,8,11H,6-7,9-10,12H2,1H3/i1D3,2D,3D,4D,5D,6D2,7D2,8D,9D2,10D2,11D,12D2. The number of rotatable bonds is 0. The first-order valence-corrected chi connectivity index (χ1v) is 6.85. The van der Waals surface area contributed by atoms with Crippen LogP contribution in [-0.2, 0) is 6.37 Å². The molecule has 0 bridgehead atoms. The molecule has 2 aliphatic rings. The van der Waals surface area contributed by atoms with E-state index in [0.29, 0.717) is 0 Å². The van der Waals surface area contributed by atoms with Crippen LogP contribution < -0.4 is 0 Å². The van der Waals surface area contributed by atoms with Gasteiger partial charge in [0.25, 0.3) is 0 Å². The first-order valence-electron chi connectivity index (χ1n) is 15.5. The molecule has 1 aliphatic carbocycles. The predicted octanol–water partition coefficient (Wildman–Crippen LogP) is 4.01. The summed E-state index contributed by atoms with van der Waals surface area (Å²) in [5.74, 6) is -1.52. The third-order valence-corrected chi connectivity index (χ3v) is 3.82. The minimum atomic E-state index is -3.90. The van der Waals surface area contributed by atoms with Gasteiger partial charge >= 0.3 is 0 Å². The Kier molecular flexibility index (Phi) is 1.05. The highest BCUT2D eigenvalue weighted by Crippen LogP contribution is 2.40. The minimum Gasteiger partial charge on any atom is -0.306 e. The molecular formula is C19H19NOS. The summed E-state index contributed by atoms with van der Waals surface area (Å²) >= 11 is 0.210. The van der Waals surface area contributed by atoms with Gasteiger partial charge in [0.15, 0.2) is 5.78 Å². The van der Waals surface area contributed by atoms with Crippen LogP contribution in [0.1, 0.15) is 65.2 Å². The number of Topliss-reactive ketones (excluding diaryl/α,β-unsaturated/α-hetero) is 1. The van der Waals surface area contributed by atoms with E-state index in [1.807, 2.05) is 0 Å². The highest BCUT2D eigenvalue weighted by molar-refractivity contribution is 7.12. The smallest absolute Gasteiger partial charge is 0.177 e. The first-order chi connectivity index (χ1) is 18.2. The van der Waals surface area contributed by atoms with Crippen molar-refractivity contribution in [2.24, 2.45) is 0 Å². The summed E-state index contributed by atoms with van der Waals surface area (Å²) in [4.78, 5) is 12.1. The summed E-state index contributed by atoms with van der Waals surface area (Å²) in [6.07, 6.45) is -11.1. The van der Waals surface area contributed by atoms with Gasteiger partial charge in [-0.15, -0.1) is 11.3 Å². The third kappa shape index (κ3) is 2.25. The molecule has 0 radical (unpaired) electrons. The summed E-state index contributed by atoms with van der Waals surface area (Å²) in [5.41, 5.74) is -5.71. The van der Waals surface area contributed by atoms with Gasteiger partial charge < -0.3 is 4.90 Å². The Bertz CT molecular complexity index is 1520. The number of hydrogen-bond acceptors (Lipinski definition) is 3. The topological polar surface area (TPSA) is 20.3 Å². The highest BCUT2D eigenvalue weighted by atomic mass is 32.1. The van der Waals surface area contributed by atoms with Crippen LogP contribution in [0.5, 0.6) is 0 Å². The van der Waals surface area contributed by atoms with Crippen molar-refractivity contribution < 1.29 is 30.8 Å². The van der Waals surface area contributed by atoms with Crippen LogP contribution in [0.2, 0.25) is 0 Å². The zero-order chi connectivity index (χ0) is 31.8. The van der Waals surface area contributed by atoms with Crippen molar-refractivity contribution >= 4 is 22.7 Å². The molecule has 0 amide bonds. The van der Waals surface area contributed by atoms with E-state index in [-0.39, 0.29) is 11.3 Å². The number of ketones is 1. The maximum atomic E-state index is 13.5. The van der Waals surface area contributed by atoms with E-state index < -0.39 is 118 Å². The summed E-state index contributed by atoms with van der Waals surface area (Å²) in [6.45, 7) is -11.6. The molecule has 0 N–H and O–H groups in total. The average molecular weight is 329 g/mol. The van der Waals surface area contributed by atoms with Crippen LogP contribution in [0.25, 0.3) is 5.57 Å². The van der Waals surface area contributed by atoms with Crippen LogP contribution in [0.15, 0.2) is 41.1 Å². The van der Waals surface area contributed by atoms with E-state index in [4.69, 9.17) is 26.0 Å². The minimum absolute atomic E-state index is 0.210. The Morgan fingerprint density at radius 1 is 1.23 bits per heavy atom. The summed E-state index contributed by atoms with van der Waals surface area (Å²) in [5, 5.41) is -0.714. The molecule has 22 heavy (non-hydrogen) atoms. The van der Waals surface area contributed by atoms with Gasteiger partial charge in [-0.2, -0.15) is 0 Å². The number of carbonyl (C=O) groups excluding carboxylic acids is 1. The van der Waals surface area contributed by atoms with Gasteiger partial charge in [0.1, 0.15) is 0 Å². The normalized spacial score (nSPS) is 43.5. The molecule has 2 heterocycles. The number of likely N-dealkylation sites (tertiary alicyclic amines) is 1. The molecule has 0 saturated carbocycles. The van der Waals surface area contributed by atoms with E-state index in [0.717, 1.165) is 0 Å². The van der Waals surface area contributed by atoms with E-state index in [1.165, 1.54) is 0 Å². The van der Waals surface area contributed by atoms with Crippen LogP contribution >= 0.6 is 11.3 Å².